The standard InChI is InChI=1S/C13H20O4/c1-2-17-11(16)13-6-3-5-12(8-13,9-13)7-4-10(14)15/h2-9H2,1H3,(H,14,15). The lowest BCUT2D eigenvalue weighted by Gasteiger charge is -2.59. The van der Waals surface area contributed by atoms with Crippen molar-refractivity contribution in [1.82, 2.24) is 0 Å². The van der Waals surface area contributed by atoms with E-state index in [-0.39, 0.29) is 23.2 Å². The molecule has 0 saturated heterocycles. The molecule has 0 spiro atoms. The molecular formula is C13H20O4. The summed E-state index contributed by atoms with van der Waals surface area (Å²) in [6.07, 6.45) is 5.63. The van der Waals surface area contributed by atoms with Crippen molar-refractivity contribution in [3.63, 3.8) is 0 Å². The molecule has 0 atom stereocenters. The van der Waals surface area contributed by atoms with Gasteiger partial charge in [0.05, 0.1) is 12.0 Å². The minimum Gasteiger partial charge on any atom is -0.481 e. The second kappa shape index (κ2) is 4.31. The number of carboxylic acid groups (broad SMARTS) is 1. The third kappa shape index (κ3) is 2.17. The van der Waals surface area contributed by atoms with E-state index in [1.807, 2.05) is 6.92 Å². The van der Waals surface area contributed by atoms with Gasteiger partial charge in [-0.3, -0.25) is 9.59 Å². The van der Waals surface area contributed by atoms with Gasteiger partial charge >= 0.3 is 11.9 Å². The fraction of sp³-hybridized carbons (Fsp3) is 0.846. The van der Waals surface area contributed by atoms with E-state index in [0.717, 1.165) is 32.1 Å². The third-order valence-corrected chi connectivity index (χ3v) is 4.37. The first-order chi connectivity index (χ1) is 8.02. The maximum absolute atomic E-state index is 11.9. The largest absolute Gasteiger partial charge is 0.481 e. The van der Waals surface area contributed by atoms with Gasteiger partial charge in [0.15, 0.2) is 0 Å². The van der Waals surface area contributed by atoms with Crippen LogP contribution in [0.5, 0.6) is 0 Å². The minimum absolute atomic E-state index is 0.0642. The first-order valence-electron chi connectivity index (χ1n) is 6.41. The van der Waals surface area contributed by atoms with Crippen LogP contribution < -0.4 is 0 Å². The second-order valence-electron chi connectivity index (χ2n) is 5.60. The molecule has 17 heavy (non-hydrogen) atoms. The van der Waals surface area contributed by atoms with Gasteiger partial charge in [0.2, 0.25) is 0 Å². The van der Waals surface area contributed by atoms with Crippen molar-refractivity contribution in [3.05, 3.63) is 0 Å². The quantitative estimate of drug-likeness (QED) is 0.749. The Morgan fingerprint density at radius 2 is 2.00 bits per heavy atom. The van der Waals surface area contributed by atoms with E-state index in [4.69, 9.17) is 9.84 Å². The molecule has 3 rings (SSSR count). The maximum Gasteiger partial charge on any atom is 0.312 e. The van der Waals surface area contributed by atoms with Gasteiger partial charge in [0.1, 0.15) is 0 Å². The van der Waals surface area contributed by atoms with E-state index in [2.05, 4.69) is 0 Å². The number of ether oxygens (including phenoxy) is 1. The van der Waals surface area contributed by atoms with Crippen molar-refractivity contribution < 1.29 is 19.4 Å². The van der Waals surface area contributed by atoms with Crippen LogP contribution in [0.25, 0.3) is 0 Å². The molecule has 0 amide bonds. The van der Waals surface area contributed by atoms with Gasteiger partial charge in [-0.05, 0) is 44.4 Å². The predicted octanol–water partition coefficient (Wildman–Crippen LogP) is 2.36. The van der Waals surface area contributed by atoms with Gasteiger partial charge in [-0.1, -0.05) is 6.42 Å². The van der Waals surface area contributed by atoms with Crippen LogP contribution in [-0.4, -0.2) is 23.7 Å². The molecule has 4 heteroatoms. The Hall–Kier alpha value is -1.06. The van der Waals surface area contributed by atoms with Gasteiger partial charge < -0.3 is 9.84 Å². The molecule has 0 aromatic carbocycles. The molecular weight excluding hydrogens is 220 g/mol. The first kappa shape index (κ1) is 12.4. The van der Waals surface area contributed by atoms with Crippen molar-refractivity contribution in [1.29, 1.82) is 0 Å². The molecule has 4 nitrogen and oxygen atoms in total. The molecule has 0 radical (unpaired) electrons. The Bertz CT molecular complexity index is 328. The summed E-state index contributed by atoms with van der Waals surface area (Å²) in [7, 11) is 0. The molecule has 2 bridgehead atoms. The lowest BCUT2D eigenvalue weighted by atomic mass is 9.44. The van der Waals surface area contributed by atoms with Crippen molar-refractivity contribution >= 4 is 11.9 Å². The normalized spacial score (nSPS) is 34.9. The average Bonchev–Trinajstić information content (AvgIpc) is 2.26. The van der Waals surface area contributed by atoms with Crippen molar-refractivity contribution in [2.75, 3.05) is 6.61 Å². The summed E-state index contributed by atoms with van der Waals surface area (Å²) in [5, 5.41) is 8.74. The molecule has 0 aromatic heterocycles. The number of carbonyl (C=O) groups is 2. The topological polar surface area (TPSA) is 63.6 Å². The number of fused-ring (bicyclic) bond motifs is 2. The highest BCUT2D eigenvalue weighted by Crippen LogP contribution is 2.65. The highest BCUT2D eigenvalue weighted by Gasteiger charge is 2.61. The summed E-state index contributed by atoms with van der Waals surface area (Å²) in [5.41, 5.74) is -0.157. The molecule has 96 valence electrons. The van der Waals surface area contributed by atoms with E-state index >= 15 is 0 Å². The van der Waals surface area contributed by atoms with Crippen LogP contribution in [0.15, 0.2) is 0 Å². The molecule has 3 saturated carbocycles. The smallest absolute Gasteiger partial charge is 0.312 e. The SMILES string of the molecule is CCOC(=O)C12CCCC(CCC(=O)O)(C1)C2. The Kier molecular flexibility index (Phi) is 3.15. The highest BCUT2D eigenvalue weighted by molar-refractivity contribution is 5.78. The molecule has 3 fully saturated rings. The Balaban J connectivity index is 1.95. The number of rotatable bonds is 5. The van der Waals surface area contributed by atoms with E-state index in [1.165, 1.54) is 0 Å². The van der Waals surface area contributed by atoms with E-state index in [1.54, 1.807) is 0 Å². The summed E-state index contributed by atoms with van der Waals surface area (Å²) < 4.78 is 5.14. The van der Waals surface area contributed by atoms with E-state index in [0.29, 0.717) is 13.0 Å². The molecule has 3 aliphatic carbocycles. The Morgan fingerprint density at radius 3 is 2.59 bits per heavy atom. The van der Waals surface area contributed by atoms with Crippen LogP contribution in [0.4, 0.5) is 0 Å². The predicted molar refractivity (Wildman–Crippen MR) is 61.5 cm³/mol. The summed E-state index contributed by atoms with van der Waals surface area (Å²) >= 11 is 0. The van der Waals surface area contributed by atoms with Crippen LogP contribution in [0, 0.1) is 10.8 Å². The van der Waals surface area contributed by atoms with Crippen molar-refractivity contribution in [3.8, 4) is 0 Å². The maximum atomic E-state index is 11.9. The average molecular weight is 240 g/mol. The lowest BCUT2D eigenvalue weighted by Crippen LogP contribution is -2.55. The zero-order valence-corrected chi connectivity index (χ0v) is 10.3. The number of hydrogen-bond acceptors (Lipinski definition) is 3. The molecule has 0 aliphatic heterocycles. The van der Waals surface area contributed by atoms with Crippen LogP contribution in [0.1, 0.15) is 51.9 Å². The molecule has 3 aliphatic rings. The van der Waals surface area contributed by atoms with Crippen LogP contribution in [0.3, 0.4) is 0 Å². The van der Waals surface area contributed by atoms with Gasteiger partial charge in [0, 0.05) is 6.42 Å². The van der Waals surface area contributed by atoms with Gasteiger partial charge in [-0.2, -0.15) is 0 Å². The third-order valence-electron chi connectivity index (χ3n) is 4.37. The summed E-state index contributed by atoms with van der Waals surface area (Å²) in [6, 6.07) is 0. The second-order valence-corrected chi connectivity index (χ2v) is 5.60. The van der Waals surface area contributed by atoms with Crippen molar-refractivity contribution in [2.45, 2.75) is 51.9 Å². The summed E-state index contributed by atoms with van der Waals surface area (Å²) in [6.45, 7) is 2.26. The Labute approximate surface area is 101 Å². The first-order valence-corrected chi connectivity index (χ1v) is 6.41. The fourth-order valence-electron chi connectivity index (χ4n) is 3.74. The number of carboxylic acids is 1. The molecule has 1 N–H and O–H groups in total. The minimum atomic E-state index is -0.737. The highest BCUT2D eigenvalue weighted by atomic mass is 16.5. The summed E-state index contributed by atoms with van der Waals surface area (Å²) in [4.78, 5) is 22.5. The fourth-order valence-corrected chi connectivity index (χ4v) is 3.74. The Morgan fingerprint density at radius 1 is 1.29 bits per heavy atom. The van der Waals surface area contributed by atoms with Crippen LogP contribution in [-0.2, 0) is 14.3 Å². The van der Waals surface area contributed by atoms with E-state index < -0.39 is 5.97 Å². The zero-order chi connectivity index (χ0) is 12.5. The lowest BCUT2D eigenvalue weighted by molar-refractivity contribution is -0.183. The van der Waals surface area contributed by atoms with Crippen molar-refractivity contribution in [2.24, 2.45) is 10.8 Å². The number of carbonyl (C=O) groups excluding carboxylic acids is 1. The molecule has 0 aromatic rings. The van der Waals surface area contributed by atoms with Gasteiger partial charge in [0.25, 0.3) is 0 Å². The number of esters is 1. The molecule has 0 unspecified atom stereocenters. The van der Waals surface area contributed by atoms with Gasteiger partial charge in [-0.15, -0.1) is 0 Å². The number of aliphatic carboxylic acids is 1. The zero-order valence-electron chi connectivity index (χ0n) is 10.3. The number of hydrogen-bond donors (Lipinski definition) is 1. The van der Waals surface area contributed by atoms with E-state index in [9.17, 15) is 9.59 Å². The monoisotopic (exact) mass is 240 g/mol. The van der Waals surface area contributed by atoms with Crippen LogP contribution in [0.2, 0.25) is 0 Å². The van der Waals surface area contributed by atoms with Gasteiger partial charge in [-0.25, -0.2) is 0 Å². The summed E-state index contributed by atoms with van der Waals surface area (Å²) in [5.74, 6) is -0.802. The molecule has 0 heterocycles. The van der Waals surface area contributed by atoms with Crippen LogP contribution >= 0.6 is 0 Å².